The Kier molecular flexibility index (Phi) is 5.01. The maximum absolute atomic E-state index is 12.0. The van der Waals surface area contributed by atoms with Gasteiger partial charge in [-0.05, 0) is 12.8 Å². The second-order valence-corrected chi connectivity index (χ2v) is 5.95. The number of H-pyrrole nitrogens is 1. The lowest BCUT2D eigenvalue weighted by Gasteiger charge is -2.31. The molecule has 2 rings (SSSR count). The van der Waals surface area contributed by atoms with Crippen LogP contribution in [-0.2, 0) is 11.2 Å². The summed E-state index contributed by atoms with van der Waals surface area (Å²) in [5.41, 5.74) is -0.663. The maximum Gasteiger partial charge on any atom is 0.231 e. The van der Waals surface area contributed by atoms with Crippen LogP contribution in [0.1, 0.15) is 44.9 Å². The molecule has 0 saturated heterocycles. The highest BCUT2D eigenvalue weighted by Gasteiger charge is 2.33. The quantitative estimate of drug-likeness (QED) is 0.807. The van der Waals surface area contributed by atoms with E-state index in [1.54, 1.807) is 0 Å². The number of amides is 1. The van der Waals surface area contributed by atoms with Crippen molar-refractivity contribution < 1.29 is 4.79 Å². The Hall–Kier alpha value is -1.55. The van der Waals surface area contributed by atoms with Gasteiger partial charge in [-0.3, -0.25) is 9.89 Å². The molecule has 1 aromatic rings. The summed E-state index contributed by atoms with van der Waals surface area (Å²) in [6, 6.07) is 2.28. The fraction of sp³-hybridized carbons (Fsp3) is 0.692. The van der Waals surface area contributed by atoms with Crippen LogP contribution in [0.15, 0.2) is 5.16 Å². The zero-order valence-corrected chi connectivity index (χ0v) is 12.4. The van der Waals surface area contributed by atoms with E-state index in [-0.39, 0.29) is 11.7 Å². The summed E-state index contributed by atoms with van der Waals surface area (Å²) in [5.74, 6) is 0.930. The van der Waals surface area contributed by atoms with Gasteiger partial charge in [0, 0.05) is 6.42 Å². The lowest BCUT2D eigenvalue weighted by molar-refractivity contribution is -0.120. The number of nitrogens with one attached hydrogen (secondary N) is 2. The molecule has 0 radical (unpaired) electrons. The number of carbonyl (C=O) groups excluding carboxylic acids is 1. The summed E-state index contributed by atoms with van der Waals surface area (Å²) in [5, 5.41) is 19.6. The van der Waals surface area contributed by atoms with Crippen LogP contribution in [-0.4, -0.2) is 32.4 Å². The van der Waals surface area contributed by atoms with Crippen LogP contribution in [0.2, 0.25) is 0 Å². The van der Waals surface area contributed by atoms with Crippen molar-refractivity contribution in [2.24, 2.45) is 0 Å². The molecule has 0 bridgehead atoms. The Labute approximate surface area is 122 Å². The number of thioether (sulfide) groups is 1. The van der Waals surface area contributed by atoms with Crippen molar-refractivity contribution in [3.8, 4) is 6.07 Å². The molecule has 0 spiro atoms. The number of nitriles is 1. The van der Waals surface area contributed by atoms with Crippen LogP contribution in [0.3, 0.4) is 0 Å². The summed E-state index contributed by atoms with van der Waals surface area (Å²) < 4.78 is 0. The average Bonchev–Trinajstić information content (AvgIpc) is 2.94. The van der Waals surface area contributed by atoms with Crippen molar-refractivity contribution in [2.45, 2.75) is 56.1 Å². The van der Waals surface area contributed by atoms with Crippen molar-refractivity contribution in [1.82, 2.24) is 20.5 Å². The summed E-state index contributed by atoms with van der Waals surface area (Å²) in [7, 11) is 0. The maximum atomic E-state index is 12.0. The Morgan fingerprint density at radius 1 is 1.50 bits per heavy atom. The smallest absolute Gasteiger partial charge is 0.231 e. The molecule has 7 heteroatoms. The molecule has 1 heterocycles. The van der Waals surface area contributed by atoms with Gasteiger partial charge < -0.3 is 5.32 Å². The molecule has 20 heavy (non-hydrogen) atoms. The van der Waals surface area contributed by atoms with Crippen LogP contribution < -0.4 is 5.32 Å². The normalized spacial score (nSPS) is 17.4. The fourth-order valence-electron chi connectivity index (χ4n) is 2.35. The highest BCUT2D eigenvalue weighted by atomic mass is 32.2. The predicted molar refractivity (Wildman–Crippen MR) is 76.1 cm³/mol. The minimum atomic E-state index is -0.663. The predicted octanol–water partition coefficient (Wildman–Crippen LogP) is 1.80. The first-order valence-electron chi connectivity index (χ1n) is 6.94. The van der Waals surface area contributed by atoms with Crippen molar-refractivity contribution in [1.29, 1.82) is 5.26 Å². The molecule has 1 fully saturated rings. The third-order valence-electron chi connectivity index (χ3n) is 3.48. The van der Waals surface area contributed by atoms with Crippen LogP contribution in [0, 0.1) is 11.3 Å². The number of hydrogen-bond acceptors (Lipinski definition) is 5. The molecule has 0 atom stereocenters. The van der Waals surface area contributed by atoms with Gasteiger partial charge in [-0.25, -0.2) is 4.98 Å². The van der Waals surface area contributed by atoms with Gasteiger partial charge in [0.05, 0.1) is 11.8 Å². The largest absolute Gasteiger partial charge is 0.337 e. The zero-order chi connectivity index (χ0) is 14.4. The molecule has 0 unspecified atom stereocenters. The minimum Gasteiger partial charge on any atom is -0.337 e. The van der Waals surface area contributed by atoms with E-state index in [9.17, 15) is 10.1 Å². The minimum absolute atomic E-state index is 0.124. The van der Waals surface area contributed by atoms with Gasteiger partial charge in [-0.1, -0.05) is 37.9 Å². The highest BCUT2D eigenvalue weighted by Crippen LogP contribution is 2.27. The topological polar surface area (TPSA) is 94.5 Å². The molecule has 1 aliphatic carbocycles. The Bertz CT molecular complexity index is 501. The SMILES string of the molecule is CCc1nc(SCC(=O)NC2(C#N)CCCCC2)n[nH]1. The summed E-state index contributed by atoms with van der Waals surface area (Å²) in [6.45, 7) is 1.99. The molecular formula is C13H19N5OS. The van der Waals surface area contributed by atoms with E-state index in [2.05, 4.69) is 26.6 Å². The number of aromatic nitrogens is 3. The molecule has 108 valence electrons. The van der Waals surface area contributed by atoms with Gasteiger partial charge >= 0.3 is 0 Å². The number of rotatable bonds is 5. The van der Waals surface area contributed by atoms with Crippen molar-refractivity contribution in [3.63, 3.8) is 0 Å². The van der Waals surface area contributed by atoms with Crippen LogP contribution >= 0.6 is 11.8 Å². The summed E-state index contributed by atoms with van der Waals surface area (Å²) in [6.07, 6.45) is 5.44. The monoisotopic (exact) mass is 293 g/mol. The first-order valence-corrected chi connectivity index (χ1v) is 7.92. The van der Waals surface area contributed by atoms with Gasteiger partial charge in [-0.2, -0.15) is 5.26 Å². The van der Waals surface area contributed by atoms with Crippen molar-refractivity contribution in [2.75, 3.05) is 5.75 Å². The Balaban J connectivity index is 1.84. The highest BCUT2D eigenvalue weighted by molar-refractivity contribution is 7.99. The van der Waals surface area contributed by atoms with Gasteiger partial charge in [0.15, 0.2) is 0 Å². The van der Waals surface area contributed by atoms with E-state index in [0.29, 0.717) is 5.16 Å². The third-order valence-corrected chi connectivity index (χ3v) is 4.33. The van der Waals surface area contributed by atoms with Gasteiger partial charge in [-0.15, -0.1) is 5.10 Å². The molecule has 1 aromatic heterocycles. The van der Waals surface area contributed by atoms with E-state index in [1.165, 1.54) is 11.8 Å². The van der Waals surface area contributed by atoms with Crippen LogP contribution in [0.5, 0.6) is 0 Å². The molecular weight excluding hydrogens is 274 g/mol. The molecule has 6 nitrogen and oxygen atoms in total. The van der Waals surface area contributed by atoms with Gasteiger partial charge in [0.2, 0.25) is 11.1 Å². The average molecular weight is 293 g/mol. The first-order chi connectivity index (χ1) is 9.67. The van der Waals surface area contributed by atoms with Crippen LogP contribution in [0.4, 0.5) is 0 Å². The summed E-state index contributed by atoms with van der Waals surface area (Å²) in [4.78, 5) is 16.2. The Morgan fingerprint density at radius 3 is 2.85 bits per heavy atom. The molecule has 1 saturated carbocycles. The van der Waals surface area contributed by atoms with E-state index < -0.39 is 5.54 Å². The van der Waals surface area contributed by atoms with E-state index >= 15 is 0 Å². The van der Waals surface area contributed by atoms with E-state index in [4.69, 9.17) is 0 Å². The van der Waals surface area contributed by atoms with Gasteiger partial charge in [0.1, 0.15) is 11.4 Å². The van der Waals surface area contributed by atoms with Crippen molar-refractivity contribution in [3.05, 3.63) is 5.82 Å². The first kappa shape index (κ1) is 14.9. The fourth-order valence-corrected chi connectivity index (χ4v) is 2.97. The summed E-state index contributed by atoms with van der Waals surface area (Å²) >= 11 is 1.29. The third kappa shape index (κ3) is 3.73. The number of aromatic amines is 1. The molecule has 2 N–H and O–H groups in total. The second kappa shape index (κ2) is 6.75. The number of aryl methyl sites for hydroxylation is 1. The van der Waals surface area contributed by atoms with E-state index in [1.807, 2.05) is 6.92 Å². The molecule has 0 aromatic carbocycles. The number of hydrogen-bond donors (Lipinski definition) is 2. The number of carbonyl (C=O) groups is 1. The van der Waals surface area contributed by atoms with Crippen molar-refractivity contribution >= 4 is 17.7 Å². The Morgan fingerprint density at radius 2 is 2.25 bits per heavy atom. The van der Waals surface area contributed by atoms with E-state index in [0.717, 1.165) is 44.3 Å². The van der Waals surface area contributed by atoms with Crippen LogP contribution in [0.25, 0.3) is 0 Å². The van der Waals surface area contributed by atoms with Gasteiger partial charge in [0.25, 0.3) is 0 Å². The lowest BCUT2D eigenvalue weighted by Crippen LogP contribution is -2.49. The molecule has 1 amide bonds. The number of nitrogens with zero attached hydrogens (tertiary/aromatic N) is 3. The standard InChI is InChI=1S/C13H19N5OS/c1-2-10-15-12(18-17-10)20-8-11(19)16-13(9-14)6-4-3-5-7-13/h2-8H2,1H3,(H,16,19)(H,15,17,18). The lowest BCUT2D eigenvalue weighted by atomic mass is 9.83. The second-order valence-electron chi connectivity index (χ2n) is 5.01. The molecule has 0 aliphatic heterocycles. The molecule has 1 aliphatic rings. The zero-order valence-electron chi connectivity index (χ0n) is 11.6.